The lowest BCUT2D eigenvalue weighted by atomic mass is 9.77. The summed E-state index contributed by atoms with van der Waals surface area (Å²) in [4.78, 5) is 4.40. The molecule has 0 aliphatic carbocycles. The number of aliphatic imine (C=N–C) groups is 1. The Bertz CT molecular complexity index is 354. The van der Waals surface area contributed by atoms with Gasteiger partial charge in [-0.3, -0.25) is 4.99 Å². The molecule has 3 nitrogen and oxygen atoms in total. The normalized spacial score (nSPS) is 23.4. The third-order valence-electron chi connectivity index (χ3n) is 3.41. The molecule has 0 bridgehead atoms. The number of nitrogens with zero attached hydrogens (tertiary/aromatic N) is 1. The molecule has 0 spiro atoms. The first-order valence-corrected chi connectivity index (χ1v) is 6.01. The molecule has 1 saturated heterocycles. The lowest BCUT2D eigenvalue weighted by Gasteiger charge is -2.33. The first-order valence-electron chi connectivity index (χ1n) is 6.01. The van der Waals surface area contributed by atoms with Gasteiger partial charge in [-0.2, -0.15) is 0 Å². The van der Waals surface area contributed by atoms with Crippen molar-refractivity contribution in [2.45, 2.75) is 52.7 Å². The maximum atomic E-state index is 6.03. The van der Waals surface area contributed by atoms with Crippen LogP contribution in [0.4, 0.5) is 0 Å². The average molecular weight is 234 g/mol. The summed E-state index contributed by atoms with van der Waals surface area (Å²) < 4.78 is 6.03. The van der Waals surface area contributed by atoms with E-state index < -0.39 is 0 Å². The summed E-state index contributed by atoms with van der Waals surface area (Å²) in [6.45, 7) is 16.2. The molecular formula is C13H23BN2O. The minimum absolute atomic E-state index is 0.0787. The molecule has 0 amide bonds. The zero-order valence-corrected chi connectivity index (χ0v) is 11.8. The Labute approximate surface area is 105 Å². The molecule has 1 aliphatic heterocycles. The zero-order valence-electron chi connectivity index (χ0n) is 11.8. The van der Waals surface area contributed by atoms with Crippen LogP contribution in [0.2, 0.25) is 0 Å². The van der Waals surface area contributed by atoms with Crippen molar-refractivity contribution in [1.29, 1.82) is 0 Å². The molecule has 1 rings (SSSR count). The van der Waals surface area contributed by atoms with Gasteiger partial charge in [0.1, 0.15) is 0 Å². The van der Waals surface area contributed by atoms with Gasteiger partial charge < -0.3 is 9.88 Å². The van der Waals surface area contributed by atoms with Crippen LogP contribution in [0.3, 0.4) is 0 Å². The van der Waals surface area contributed by atoms with E-state index in [1.807, 2.05) is 19.9 Å². The Balaban J connectivity index is 2.86. The molecule has 17 heavy (non-hydrogen) atoms. The summed E-state index contributed by atoms with van der Waals surface area (Å²) in [7, 11) is -0.152. The molecule has 4 heteroatoms. The van der Waals surface area contributed by atoms with Gasteiger partial charge in [0.05, 0.1) is 11.2 Å². The largest absolute Gasteiger partial charge is 0.435 e. The van der Waals surface area contributed by atoms with E-state index in [9.17, 15) is 0 Å². The number of nitrogens with one attached hydrogen (secondary N) is 1. The molecule has 0 radical (unpaired) electrons. The van der Waals surface area contributed by atoms with Crippen LogP contribution in [0.5, 0.6) is 0 Å². The van der Waals surface area contributed by atoms with E-state index in [0.29, 0.717) is 0 Å². The van der Waals surface area contributed by atoms with Crippen molar-refractivity contribution in [2.75, 3.05) is 0 Å². The highest BCUT2D eigenvalue weighted by Crippen LogP contribution is 2.33. The Morgan fingerprint density at radius 3 is 2.29 bits per heavy atom. The molecule has 0 unspecified atom stereocenters. The average Bonchev–Trinajstić information content (AvgIpc) is 2.36. The van der Waals surface area contributed by atoms with E-state index >= 15 is 0 Å². The van der Waals surface area contributed by atoms with Gasteiger partial charge in [-0.15, -0.1) is 0 Å². The van der Waals surface area contributed by atoms with Crippen LogP contribution in [0.1, 0.15) is 41.5 Å². The van der Waals surface area contributed by atoms with Crippen molar-refractivity contribution < 1.29 is 4.65 Å². The molecular weight excluding hydrogens is 211 g/mol. The Morgan fingerprint density at radius 2 is 1.94 bits per heavy atom. The van der Waals surface area contributed by atoms with Crippen molar-refractivity contribution in [3.8, 4) is 0 Å². The van der Waals surface area contributed by atoms with Gasteiger partial charge in [-0.25, -0.2) is 0 Å². The van der Waals surface area contributed by atoms with E-state index in [1.165, 1.54) is 0 Å². The highest BCUT2D eigenvalue weighted by Gasteiger charge is 2.50. The minimum Gasteiger partial charge on any atom is -0.410 e. The lowest BCUT2D eigenvalue weighted by Crippen LogP contribution is -2.49. The maximum absolute atomic E-state index is 6.03. The van der Waals surface area contributed by atoms with E-state index in [2.05, 4.69) is 44.5 Å². The van der Waals surface area contributed by atoms with Crippen LogP contribution < -0.4 is 5.23 Å². The van der Waals surface area contributed by atoms with Crippen LogP contribution in [0.15, 0.2) is 28.8 Å². The van der Waals surface area contributed by atoms with E-state index in [-0.39, 0.29) is 18.2 Å². The first-order chi connectivity index (χ1) is 7.69. The maximum Gasteiger partial charge on any atom is 0.435 e. The van der Waals surface area contributed by atoms with Crippen molar-refractivity contribution in [1.82, 2.24) is 5.23 Å². The fraction of sp³-hybridized carbons (Fsp3) is 0.615. The summed E-state index contributed by atoms with van der Waals surface area (Å²) >= 11 is 0. The second-order valence-electron chi connectivity index (χ2n) is 5.60. The van der Waals surface area contributed by atoms with Crippen molar-refractivity contribution in [3.05, 3.63) is 23.8 Å². The van der Waals surface area contributed by atoms with Gasteiger partial charge in [0.2, 0.25) is 0 Å². The molecule has 1 fully saturated rings. The van der Waals surface area contributed by atoms with Crippen molar-refractivity contribution in [2.24, 2.45) is 4.99 Å². The van der Waals surface area contributed by atoms with Gasteiger partial charge in [0, 0.05) is 11.8 Å². The third-order valence-corrected chi connectivity index (χ3v) is 3.41. The van der Waals surface area contributed by atoms with Gasteiger partial charge in [0.15, 0.2) is 0 Å². The second kappa shape index (κ2) is 4.79. The summed E-state index contributed by atoms with van der Waals surface area (Å²) in [5, 5.41) is 3.46. The number of hydrogen-bond donors (Lipinski definition) is 1. The molecule has 1 aliphatic rings. The van der Waals surface area contributed by atoms with Crippen LogP contribution >= 0.6 is 0 Å². The quantitative estimate of drug-likeness (QED) is 0.601. The number of allylic oxidation sites excluding steroid dienone is 2. The van der Waals surface area contributed by atoms with Crippen LogP contribution in [-0.4, -0.2) is 24.4 Å². The fourth-order valence-corrected chi connectivity index (χ4v) is 1.59. The monoisotopic (exact) mass is 234 g/mol. The molecule has 0 aromatic rings. The van der Waals surface area contributed by atoms with E-state index in [4.69, 9.17) is 4.65 Å². The first kappa shape index (κ1) is 14.2. The zero-order chi connectivity index (χ0) is 13.3. The topological polar surface area (TPSA) is 33.6 Å². The molecule has 0 aromatic carbocycles. The van der Waals surface area contributed by atoms with Gasteiger partial charge in [0.25, 0.3) is 0 Å². The fourth-order valence-electron chi connectivity index (χ4n) is 1.59. The van der Waals surface area contributed by atoms with Crippen LogP contribution in [0.25, 0.3) is 0 Å². The van der Waals surface area contributed by atoms with E-state index in [0.717, 1.165) is 11.2 Å². The standard InChI is InChI=1S/C13H23BN2O/c1-8-11(15-9-10(2)3)14-16-12(4,5)13(6,7)17-14/h8-9,16H,2H2,1,3-7H3/b11-8-,15-9-. The van der Waals surface area contributed by atoms with Gasteiger partial charge in [-0.1, -0.05) is 12.7 Å². The summed E-state index contributed by atoms with van der Waals surface area (Å²) in [6, 6.07) is 0. The highest BCUT2D eigenvalue weighted by atomic mass is 16.5. The molecule has 94 valence electrons. The van der Waals surface area contributed by atoms with Gasteiger partial charge in [-0.05, 0) is 47.1 Å². The summed E-state index contributed by atoms with van der Waals surface area (Å²) in [6.07, 6.45) is 3.73. The Hall–Kier alpha value is -0.865. The van der Waals surface area contributed by atoms with E-state index in [1.54, 1.807) is 6.21 Å². The van der Waals surface area contributed by atoms with Crippen molar-refractivity contribution >= 4 is 13.3 Å². The smallest absolute Gasteiger partial charge is 0.410 e. The number of hydrogen-bond acceptors (Lipinski definition) is 3. The minimum atomic E-state index is -0.218. The molecule has 0 aromatic heterocycles. The van der Waals surface area contributed by atoms with Crippen LogP contribution in [-0.2, 0) is 4.65 Å². The summed E-state index contributed by atoms with van der Waals surface area (Å²) in [5.41, 5.74) is 1.53. The second-order valence-corrected chi connectivity index (χ2v) is 5.60. The highest BCUT2D eigenvalue weighted by molar-refractivity contribution is 6.58. The molecule has 1 heterocycles. The Morgan fingerprint density at radius 1 is 1.35 bits per heavy atom. The summed E-state index contributed by atoms with van der Waals surface area (Å²) in [5.74, 6) is 0. The Kier molecular flexibility index (Phi) is 4.00. The molecule has 1 N–H and O–H groups in total. The van der Waals surface area contributed by atoms with Crippen LogP contribution in [0, 0.1) is 0 Å². The molecule has 0 saturated carbocycles. The number of rotatable bonds is 3. The van der Waals surface area contributed by atoms with Crippen molar-refractivity contribution in [3.63, 3.8) is 0 Å². The predicted octanol–water partition coefficient (Wildman–Crippen LogP) is 2.74. The van der Waals surface area contributed by atoms with Gasteiger partial charge >= 0.3 is 7.05 Å². The predicted molar refractivity (Wildman–Crippen MR) is 75.2 cm³/mol. The molecule has 0 atom stereocenters. The SMILES string of the molecule is C=C(C)/C=N\C(=C/C)B1NC(C)(C)C(C)(C)O1. The lowest BCUT2D eigenvalue weighted by molar-refractivity contribution is 0.0744. The third kappa shape index (κ3) is 3.08.